The van der Waals surface area contributed by atoms with Gasteiger partial charge in [0.15, 0.2) is 4.34 Å². The van der Waals surface area contributed by atoms with Crippen LogP contribution in [0.4, 0.5) is 24.0 Å². The molecule has 29 heavy (non-hydrogen) atoms. The van der Waals surface area contributed by atoms with Gasteiger partial charge in [0.25, 0.3) is 0 Å². The molecule has 0 saturated carbocycles. The van der Waals surface area contributed by atoms with Crippen molar-refractivity contribution in [1.82, 2.24) is 10.2 Å². The Morgan fingerprint density at radius 2 is 1.90 bits per heavy atom. The van der Waals surface area contributed by atoms with Crippen LogP contribution in [-0.2, 0) is 21.0 Å². The van der Waals surface area contributed by atoms with Crippen molar-refractivity contribution < 1.29 is 26.4 Å². The lowest BCUT2D eigenvalue weighted by Crippen LogP contribution is -2.45. The first-order chi connectivity index (χ1) is 13.3. The first kappa shape index (κ1) is 23.4. The number of thioether (sulfide) groups is 1. The van der Waals surface area contributed by atoms with Gasteiger partial charge in [-0.05, 0) is 25.1 Å². The Morgan fingerprint density at radius 1 is 1.24 bits per heavy atom. The van der Waals surface area contributed by atoms with E-state index in [-0.39, 0.29) is 16.1 Å². The highest BCUT2D eigenvalue weighted by Gasteiger charge is 2.34. The van der Waals surface area contributed by atoms with Crippen LogP contribution >= 0.6 is 23.1 Å². The van der Waals surface area contributed by atoms with Crippen LogP contribution in [0.3, 0.4) is 0 Å². The molecule has 0 unspecified atom stereocenters. The number of carbonyl (C=O) groups excluding carboxylic acids is 1. The van der Waals surface area contributed by atoms with Crippen molar-refractivity contribution in [1.29, 1.82) is 0 Å². The third-order valence-corrected chi connectivity index (χ3v) is 6.66. The van der Waals surface area contributed by atoms with Crippen LogP contribution in [0.1, 0.15) is 26.3 Å². The van der Waals surface area contributed by atoms with Gasteiger partial charge < -0.3 is 0 Å². The van der Waals surface area contributed by atoms with Gasteiger partial charge in [-0.2, -0.15) is 13.2 Å². The summed E-state index contributed by atoms with van der Waals surface area (Å²) in [6, 6.07) is 2.47. The molecule has 7 nitrogen and oxygen atoms in total. The molecular formula is C16H19F3N4O3S3. The Hall–Kier alpha value is -1.86. The minimum Gasteiger partial charge on any atom is -0.299 e. The van der Waals surface area contributed by atoms with Crippen LogP contribution in [0, 0.1) is 0 Å². The van der Waals surface area contributed by atoms with Gasteiger partial charge >= 0.3 is 6.18 Å². The molecule has 0 aliphatic heterocycles. The fourth-order valence-corrected chi connectivity index (χ4v) is 5.49. The topological polar surface area (TPSA) is 92.3 Å². The molecule has 2 rings (SSSR count). The molecule has 0 fully saturated rings. The summed E-state index contributed by atoms with van der Waals surface area (Å²) in [5.74, 6) is -0.745. The second-order valence-electron chi connectivity index (χ2n) is 6.31. The number of aromatic nitrogens is 2. The third kappa shape index (κ3) is 6.31. The third-order valence-electron chi connectivity index (χ3n) is 3.49. The highest BCUT2D eigenvalue weighted by atomic mass is 32.2. The maximum atomic E-state index is 13.0. The lowest BCUT2D eigenvalue weighted by molar-refractivity contribution is -0.137. The maximum absolute atomic E-state index is 13.0. The zero-order chi connectivity index (χ0) is 22.0. The number of benzene rings is 1. The number of carbonyl (C=O) groups is 1. The second kappa shape index (κ2) is 8.88. The van der Waals surface area contributed by atoms with E-state index in [1.165, 1.54) is 24.8 Å². The molecule has 1 amide bonds. The van der Waals surface area contributed by atoms with Gasteiger partial charge in [-0.25, -0.2) is 8.42 Å². The van der Waals surface area contributed by atoms with E-state index in [0.717, 1.165) is 29.7 Å². The summed E-state index contributed by atoms with van der Waals surface area (Å²) < 4.78 is 64.8. The monoisotopic (exact) mass is 468 g/mol. The number of alkyl halides is 3. The predicted octanol–water partition coefficient (Wildman–Crippen LogP) is 3.85. The maximum Gasteiger partial charge on any atom is 0.416 e. The van der Waals surface area contributed by atoms with Crippen LogP contribution in [-0.4, -0.2) is 42.1 Å². The first-order valence-electron chi connectivity index (χ1n) is 8.26. The van der Waals surface area contributed by atoms with Gasteiger partial charge in [0.1, 0.15) is 6.04 Å². The van der Waals surface area contributed by atoms with Crippen molar-refractivity contribution >= 4 is 49.8 Å². The lowest BCUT2D eigenvalue weighted by atomic mass is 10.2. The number of nitrogens with one attached hydrogen (secondary N) is 1. The van der Waals surface area contributed by atoms with E-state index in [1.807, 2.05) is 13.8 Å². The van der Waals surface area contributed by atoms with E-state index >= 15 is 0 Å². The number of sulfonamides is 1. The minimum absolute atomic E-state index is 0.169. The molecule has 1 heterocycles. The average Bonchev–Trinajstić information content (AvgIpc) is 2.99. The molecule has 0 bridgehead atoms. The molecule has 160 valence electrons. The largest absolute Gasteiger partial charge is 0.416 e. The molecule has 1 aromatic heterocycles. The summed E-state index contributed by atoms with van der Waals surface area (Å²) in [6.45, 7) is 5.21. The molecule has 1 aromatic carbocycles. The number of halogens is 3. The summed E-state index contributed by atoms with van der Waals surface area (Å²) in [5.41, 5.74) is -1.28. The Balaban J connectivity index is 2.29. The van der Waals surface area contributed by atoms with Crippen LogP contribution in [0.2, 0.25) is 0 Å². The molecule has 0 aliphatic rings. The van der Waals surface area contributed by atoms with Gasteiger partial charge in [-0.15, -0.1) is 10.2 Å². The van der Waals surface area contributed by atoms with Crippen molar-refractivity contribution in [3.63, 3.8) is 0 Å². The van der Waals surface area contributed by atoms with E-state index in [2.05, 4.69) is 15.5 Å². The van der Waals surface area contributed by atoms with E-state index in [9.17, 15) is 26.4 Å². The number of amides is 1. The number of nitrogens with zero attached hydrogens (tertiary/aromatic N) is 3. The molecule has 13 heteroatoms. The smallest absolute Gasteiger partial charge is 0.299 e. The zero-order valence-corrected chi connectivity index (χ0v) is 18.3. The van der Waals surface area contributed by atoms with Crippen molar-refractivity contribution in [3.8, 4) is 0 Å². The molecule has 2 aromatic rings. The molecule has 0 aliphatic carbocycles. The Labute approximate surface area is 174 Å². The van der Waals surface area contributed by atoms with Gasteiger partial charge in [0.05, 0.1) is 17.5 Å². The molecular weight excluding hydrogens is 449 g/mol. The summed E-state index contributed by atoms with van der Waals surface area (Å²) in [7, 11) is -4.06. The SMILES string of the molecule is CC(C)Sc1nnc(NC(=O)[C@H](C)N(c2cccc(C(F)(F)F)c2)S(C)(=O)=O)s1. The van der Waals surface area contributed by atoms with Gasteiger partial charge in [0.2, 0.25) is 21.1 Å². The summed E-state index contributed by atoms with van der Waals surface area (Å²) in [4.78, 5) is 12.6. The van der Waals surface area contributed by atoms with Crippen molar-refractivity contribution in [2.75, 3.05) is 15.9 Å². The van der Waals surface area contributed by atoms with Crippen molar-refractivity contribution in [3.05, 3.63) is 29.8 Å². The quantitative estimate of drug-likeness (QED) is 0.490. The average molecular weight is 469 g/mol. The van der Waals surface area contributed by atoms with E-state index in [1.54, 1.807) is 0 Å². The van der Waals surface area contributed by atoms with Crippen LogP contribution in [0.25, 0.3) is 0 Å². The summed E-state index contributed by atoms with van der Waals surface area (Å²) in [6.07, 6.45) is -3.83. The lowest BCUT2D eigenvalue weighted by Gasteiger charge is -2.28. The molecule has 1 atom stereocenters. The molecule has 0 saturated heterocycles. The van der Waals surface area contributed by atoms with Crippen LogP contribution in [0.5, 0.6) is 0 Å². The number of anilines is 2. The highest BCUT2D eigenvalue weighted by Crippen LogP contribution is 2.33. The Morgan fingerprint density at radius 3 is 2.45 bits per heavy atom. The van der Waals surface area contributed by atoms with E-state index in [0.29, 0.717) is 14.7 Å². The van der Waals surface area contributed by atoms with Crippen molar-refractivity contribution in [2.24, 2.45) is 0 Å². The molecule has 1 N–H and O–H groups in total. The van der Waals surface area contributed by atoms with Gasteiger partial charge in [0, 0.05) is 5.25 Å². The standard InChI is InChI=1S/C16H19F3N4O3S3/c1-9(2)27-15-22-21-14(28-15)20-13(24)10(3)23(29(4,25)26)12-7-5-6-11(8-12)16(17,18)19/h5-10H,1-4H3,(H,20,21,24)/t10-/m0/s1. The summed E-state index contributed by atoms with van der Waals surface area (Å²) in [5, 5.41) is 10.6. The highest BCUT2D eigenvalue weighted by molar-refractivity contribution is 8.01. The number of rotatable bonds is 7. The van der Waals surface area contributed by atoms with Gasteiger partial charge in [-0.3, -0.25) is 14.4 Å². The predicted molar refractivity (Wildman–Crippen MR) is 108 cm³/mol. The first-order valence-corrected chi connectivity index (χ1v) is 11.8. The van der Waals surface area contributed by atoms with Crippen LogP contribution in [0.15, 0.2) is 28.6 Å². The van der Waals surface area contributed by atoms with E-state index < -0.39 is 33.7 Å². The molecule has 0 radical (unpaired) electrons. The minimum atomic E-state index is -4.65. The number of hydrogen-bond acceptors (Lipinski definition) is 7. The fraction of sp³-hybridized carbons (Fsp3) is 0.438. The Bertz CT molecular complexity index is 977. The van der Waals surface area contributed by atoms with Crippen molar-refractivity contribution in [2.45, 2.75) is 42.6 Å². The second-order valence-corrected chi connectivity index (χ2v) is 11.0. The van der Waals surface area contributed by atoms with Gasteiger partial charge in [-0.1, -0.05) is 43.0 Å². The van der Waals surface area contributed by atoms with Crippen LogP contribution < -0.4 is 9.62 Å². The normalized spacial score (nSPS) is 13.4. The number of hydrogen-bond donors (Lipinski definition) is 1. The fourth-order valence-electron chi connectivity index (χ4n) is 2.35. The zero-order valence-electron chi connectivity index (χ0n) is 15.9. The molecule has 0 spiro atoms. The Kier molecular flexibility index (Phi) is 7.17. The summed E-state index contributed by atoms with van der Waals surface area (Å²) >= 11 is 2.57. The van der Waals surface area contributed by atoms with E-state index in [4.69, 9.17) is 0 Å².